The second kappa shape index (κ2) is 5.87. The van der Waals surface area contributed by atoms with Crippen LogP contribution in [-0.2, 0) is 6.18 Å². The number of amides is 1. The second-order valence-electron chi connectivity index (χ2n) is 3.92. The molecule has 1 N–H and O–H groups in total. The standard InChI is InChI=1S/C13H6BrF3N2OS/c14-10-2-1-7(5-9(10)13(15,16)17)11(20)19-12-8(6-18)3-4-21-12/h1-5H,(H,19,20). The van der Waals surface area contributed by atoms with E-state index in [0.717, 1.165) is 23.5 Å². The van der Waals surface area contributed by atoms with E-state index in [1.165, 1.54) is 12.1 Å². The molecule has 0 saturated carbocycles. The van der Waals surface area contributed by atoms with Crippen LogP contribution < -0.4 is 5.32 Å². The smallest absolute Gasteiger partial charge is 0.312 e. The summed E-state index contributed by atoms with van der Waals surface area (Å²) in [5.74, 6) is -0.702. The third-order valence-electron chi connectivity index (χ3n) is 2.55. The average molecular weight is 375 g/mol. The summed E-state index contributed by atoms with van der Waals surface area (Å²) in [6, 6.07) is 6.60. The first kappa shape index (κ1) is 15.5. The molecule has 1 aromatic heterocycles. The van der Waals surface area contributed by atoms with Gasteiger partial charge in [0.05, 0.1) is 11.1 Å². The number of thiophene rings is 1. The van der Waals surface area contributed by atoms with Crippen molar-refractivity contribution in [2.45, 2.75) is 6.18 Å². The van der Waals surface area contributed by atoms with Crippen LogP contribution in [0.15, 0.2) is 34.1 Å². The molecule has 0 saturated heterocycles. The van der Waals surface area contributed by atoms with E-state index < -0.39 is 17.6 Å². The van der Waals surface area contributed by atoms with Gasteiger partial charge in [-0.25, -0.2) is 0 Å². The quantitative estimate of drug-likeness (QED) is 0.831. The summed E-state index contributed by atoms with van der Waals surface area (Å²) in [5.41, 5.74) is -0.800. The molecule has 2 aromatic rings. The number of carbonyl (C=O) groups excluding carboxylic acids is 1. The van der Waals surface area contributed by atoms with Gasteiger partial charge in [0.2, 0.25) is 0 Å². The van der Waals surface area contributed by atoms with Gasteiger partial charge in [0.15, 0.2) is 0 Å². The Balaban J connectivity index is 2.31. The number of hydrogen-bond donors (Lipinski definition) is 1. The fourth-order valence-electron chi connectivity index (χ4n) is 1.55. The number of carbonyl (C=O) groups is 1. The third-order valence-corrected chi connectivity index (χ3v) is 4.07. The topological polar surface area (TPSA) is 52.9 Å². The molecule has 1 heterocycles. The van der Waals surface area contributed by atoms with Crippen molar-refractivity contribution in [1.29, 1.82) is 5.26 Å². The molecule has 8 heteroatoms. The minimum Gasteiger partial charge on any atom is -0.312 e. The molecule has 0 fully saturated rings. The lowest BCUT2D eigenvalue weighted by Crippen LogP contribution is -2.14. The molecular weight excluding hydrogens is 369 g/mol. The molecule has 3 nitrogen and oxygen atoms in total. The van der Waals surface area contributed by atoms with E-state index in [2.05, 4.69) is 21.2 Å². The van der Waals surface area contributed by atoms with Crippen LogP contribution in [0.4, 0.5) is 18.2 Å². The van der Waals surface area contributed by atoms with Crippen molar-refractivity contribution >= 4 is 38.2 Å². The van der Waals surface area contributed by atoms with Crippen LogP contribution in [0.3, 0.4) is 0 Å². The highest BCUT2D eigenvalue weighted by atomic mass is 79.9. The van der Waals surface area contributed by atoms with Crippen molar-refractivity contribution in [2.24, 2.45) is 0 Å². The largest absolute Gasteiger partial charge is 0.417 e. The summed E-state index contributed by atoms with van der Waals surface area (Å²) >= 11 is 3.93. The third kappa shape index (κ3) is 3.43. The molecule has 21 heavy (non-hydrogen) atoms. The molecule has 0 aliphatic heterocycles. The number of hydrogen-bond acceptors (Lipinski definition) is 3. The molecule has 1 amide bonds. The fourth-order valence-corrected chi connectivity index (χ4v) is 2.76. The van der Waals surface area contributed by atoms with E-state index >= 15 is 0 Å². The van der Waals surface area contributed by atoms with Gasteiger partial charge < -0.3 is 5.32 Å². The lowest BCUT2D eigenvalue weighted by Gasteiger charge is -2.11. The minimum absolute atomic E-state index is 0.136. The predicted molar refractivity (Wildman–Crippen MR) is 76.1 cm³/mol. The van der Waals surface area contributed by atoms with Gasteiger partial charge >= 0.3 is 6.18 Å². The van der Waals surface area contributed by atoms with Crippen LogP contribution in [0.2, 0.25) is 0 Å². The summed E-state index contributed by atoms with van der Waals surface area (Å²) in [6.45, 7) is 0. The zero-order valence-electron chi connectivity index (χ0n) is 10.2. The maximum Gasteiger partial charge on any atom is 0.417 e. The van der Waals surface area contributed by atoms with E-state index in [0.29, 0.717) is 5.00 Å². The summed E-state index contributed by atoms with van der Waals surface area (Å²) in [6.07, 6.45) is -4.56. The minimum atomic E-state index is -4.56. The van der Waals surface area contributed by atoms with Gasteiger partial charge in [0, 0.05) is 10.0 Å². The van der Waals surface area contributed by atoms with E-state index in [4.69, 9.17) is 5.26 Å². The number of nitriles is 1. The number of alkyl halides is 3. The zero-order valence-corrected chi connectivity index (χ0v) is 12.6. The van der Waals surface area contributed by atoms with Crippen molar-refractivity contribution < 1.29 is 18.0 Å². The molecule has 0 spiro atoms. The molecular formula is C13H6BrF3N2OS. The van der Waals surface area contributed by atoms with Crippen LogP contribution in [0.5, 0.6) is 0 Å². The number of benzene rings is 1. The molecule has 0 aliphatic rings. The summed E-state index contributed by atoms with van der Waals surface area (Å²) in [7, 11) is 0. The molecule has 2 rings (SSSR count). The number of nitrogens with one attached hydrogen (secondary N) is 1. The normalized spacial score (nSPS) is 11.0. The van der Waals surface area contributed by atoms with Crippen LogP contribution >= 0.6 is 27.3 Å². The van der Waals surface area contributed by atoms with Gasteiger partial charge in [0.25, 0.3) is 5.91 Å². The first-order chi connectivity index (χ1) is 9.82. The molecule has 0 radical (unpaired) electrons. The first-order valence-electron chi connectivity index (χ1n) is 5.48. The number of rotatable bonds is 2. The van der Waals surface area contributed by atoms with Gasteiger partial charge in [-0.1, -0.05) is 15.9 Å². The lowest BCUT2D eigenvalue weighted by molar-refractivity contribution is -0.138. The van der Waals surface area contributed by atoms with E-state index in [9.17, 15) is 18.0 Å². The fraction of sp³-hybridized carbons (Fsp3) is 0.0769. The second-order valence-corrected chi connectivity index (χ2v) is 5.69. The van der Waals surface area contributed by atoms with Crippen LogP contribution in [-0.4, -0.2) is 5.91 Å². The van der Waals surface area contributed by atoms with E-state index in [1.54, 1.807) is 5.38 Å². The van der Waals surface area contributed by atoms with Gasteiger partial charge in [-0.3, -0.25) is 4.79 Å². The number of anilines is 1. The number of halogens is 4. The van der Waals surface area contributed by atoms with Crippen molar-refractivity contribution in [3.63, 3.8) is 0 Å². The summed E-state index contributed by atoms with van der Waals surface area (Å²) < 4.78 is 38.2. The first-order valence-corrected chi connectivity index (χ1v) is 7.16. The Kier molecular flexibility index (Phi) is 4.34. The highest BCUT2D eigenvalue weighted by molar-refractivity contribution is 9.10. The molecule has 1 aromatic carbocycles. The maximum absolute atomic E-state index is 12.8. The maximum atomic E-state index is 12.8. The molecule has 0 unspecified atom stereocenters. The number of nitrogens with zero attached hydrogens (tertiary/aromatic N) is 1. The van der Waals surface area contributed by atoms with E-state index in [-0.39, 0.29) is 15.6 Å². The van der Waals surface area contributed by atoms with Gasteiger partial charge in [0.1, 0.15) is 11.1 Å². The van der Waals surface area contributed by atoms with Crippen LogP contribution in [0.1, 0.15) is 21.5 Å². The Labute approximate surface area is 130 Å². The zero-order chi connectivity index (χ0) is 15.6. The van der Waals surface area contributed by atoms with E-state index in [1.807, 2.05) is 6.07 Å². The van der Waals surface area contributed by atoms with Crippen LogP contribution in [0.25, 0.3) is 0 Å². The highest BCUT2D eigenvalue weighted by Gasteiger charge is 2.33. The molecule has 0 bridgehead atoms. The van der Waals surface area contributed by atoms with Crippen LogP contribution in [0, 0.1) is 11.3 Å². The molecule has 108 valence electrons. The Hall–Kier alpha value is -1.85. The Morgan fingerprint density at radius 3 is 2.67 bits per heavy atom. The van der Waals surface area contributed by atoms with Crippen molar-refractivity contribution in [1.82, 2.24) is 0 Å². The predicted octanol–water partition coefficient (Wildman–Crippen LogP) is 4.65. The van der Waals surface area contributed by atoms with Crippen molar-refractivity contribution in [2.75, 3.05) is 5.32 Å². The Morgan fingerprint density at radius 2 is 2.05 bits per heavy atom. The molecule has 0 atom stereocenters. The Morgan fingerprint density at radius 1 is 1.33 bits per heavy atom. The monoisotopic (exact) mass is 374 g/mol. The summed E-state index contributed by atoms with van der Waals surface area (Å²) in [5, 5.41) is 13.2. The van der Waals surface area contributed by atoms with Gasteiger partial charge in [-0.15, -0.1) is 11.3 Å². The van der Waals surface area contributed by atoms with Crippen molar-refractivity contribution in [3.05, 3.63) is 50.8 Å². The van der Waals surface area contributed by atoms with Gasteiger partial charge in [-0.05, 0) is 29.6 Å². The van der Waals surface area contributed by atoms with Crippen molar-refractivity contribution in [3.8, 4) is 6.07 Å². The lowest BCUT2D eigenvalue weighted by atomic mass is 10.1. The molecule has 0 aliphatic carbocycles. The average Bonchev–Trinajstić information content (AvgIpc) is 2.85. The summed E-state index contributed by atoms with van der Waals surface area (Å²) in [4.78, 5) is 12.0. The van der Waals surface area contributed by atoms with Gasteiger partial charge in [-0.2, -0.15) is 18.4 Å². The Bertz CT molecular complexity index is 734. The highest BCUT2D eigenvalue weighted by Crippen LogP contribution is 2.35. The SMILES string of the molecule is N#Cc1ccsc1NC(=O)c1ccc(Br)c(C(F)(F)F)c1.